The molecule has 0 amide bonds. The van der Waals surface area contributed by atoms with E-state index in [1.807, 2.05) is 37.9 Å². The first-order valence-electron chi connectivity index (χ1n) is 5.99. The van der Waals surface area contributed by atoms with Crippen molar-refractivity contribution in [2.45, 2.75) is 26.5 Å². The van der Waals surface area contributed by atoms with Gasteiger partial charge in [-0.15, -0.1) is 0 Å². The maximum Gasteiger partial charge on any atom is 0.355 e. The number of ether oxygens (including phenoxy) is 1. The fraction of sp³-hybridized carbons (Fsp3) is 0.385. The maximum absolute atomic E-state index is 12.1. The molecule has 0 saturated carbocycles. The minimum atomic E-state index is -0.330. The van der Waals surface area contributed by atoms with Crippen molar-refractivity contribution < 1.29 is 9.53 Å². The van der Waals surface area contributed by atoms with Crippen LogP contribution in [0.1, 0.15) is 35.9 Å². The van der Waals surface area contributed by atoms with E-state index in [-0.39, 0.29) is 18.6 Å². The highest BCUT2D eigenvalue weighted by atomic mass is 79.9. The van der Waals surface area contributed by atoms with Gasteiger partial charge in [-0.3, -0.25) is 4.68 Å². The summed E-state index contributed by atoms with van der Waals surface area (Å²) >= 11 is 3.38. The van der Waals surface area contributed by atoms with Crippen LogP contribution in [0, 0.1) is 0 Å². The maximum atomic E-state index is 12.1. The number of rotatable bonds is 4. The Bertz CT molecular complexity index is 586. The lowest BCUT2D eigenvalue weighted by Gasteiger charge is -2.11. The van der Waals surface area contributed by atoms with Crippen molar-refractivity contribution in [2.75, 3.05) is 0 Å². The third kappa shape index (κ3) is 3.26. The second-order valence-corrected chi connectivity index (χ2v) is 5.56. The molecule has 0 saturated heterocycles. The summed E-state index contributed by atoms with van der Waals surface area (Å²) in [5, 5.41) is 4.03. The Kier molecular flexibility index (Phi) is 4.09. The van der Waals surface area contributed by atoms with Gasteiger partial charge in [0.1, 0.15) is 12.3 Å². The van der Waals surface area contributed by atoms with Crippen LogP contribution in [0.2, 0.25) is 0 Å². The van der Waals surface area contributed by atoms with Gasteiger partial charge in [0.25, 0.3) is 0 Å². The summed E-state index contributed by atoms with van der Waals surface area (Å²) in [4.78, 5) is 12.1. The van der Waals surface area contributed by atoms with Gasteiger partial charge >= 0.3 is 5.97 Å². The molecule has 0 aliphatic carbocycles. The Balaban J connectivity index is 2.07. The second kappa shape index (κ2) is 5.61. The number of aromatic nitrogens is 3. The highest BCUT2D eigenvalue weighted by molar-refractivity contribution is 9.10. The van der Waals surface area contributed by atoms with Crippen LogP contribution in [-0.2, 0) is 18.4 Å². The monoisotopic (exact) mass is 325 g/mol. The van der Waals surface area contributed by atoms with E-state index in [0.29, 0.717) is 5.69 Å². The van der Waals surface area contributed by atoms with E-state index in [9.17, 15) is 4.79 Å². The third-order valence-electron chi connectivity index (χ3n) is 2.71. The number of aryl methyl sites for hydroxylation is 1. The van der Waals surface area contributed by atoms with Crippen LogP contribution in [0.25, 0.3) is 0 Å². The Hall–Kier alpha value is -1.56. The molecule has 2 heterocycles. The van der Waals surface area contributed by atoms with Gasteiger partial charge in [0.15, 0.2) is 0 Å². The van der Waals surface area contributed by atoms with E-state index >= 15 is 0 Å². The fourth-order valence-corrected chi connectivity index (χ4v) is 2.24. The summed E-state index contributed by atoms with van der Waals surface area (Å²) in [7, 11) is 1.83. The number of halogens is 1. The smallest absolute Gasteiger partial charge is 0.355 e. The summed E-state index contributed by atoms with van der Waals surface area (Å²) < 4.78 is 9.73. The van der Waals surface area contributed by atoms with Gasteiger partial charge in [-0.25, -0.2) is 4.79 Å². The molecule has 0 bridgehead atoms. The molecule has 19 heavy (non-hydrogen) atoms. The number of carbonyl (C=O) groups is 1. The van der Waals surface area contributed by atoms with Crippen molar-refractivity contribution in [3.8, 4) is 0 Å². The highest BCUT2D eigenvalue weighted by Gasteiger charge is 2.16. The molecule has 0 atom stereocenters. The number of hydrogen-bond acceptors (Lipinski definition) is 3. The molecule has 6 heteroatoms. The molecule has 0 N–H and O–H groups in total. The molecule has 0 spiro atoms. The van der Waals surface area contributed by atoms with E-state index < -0.39 is 0 Å². The molecule has 0 unspecified atom stereocenters. The first-order valence-corrected chi connectivity index (χ1v) is 6.78. The number of carbonyl (C=O) groups excluding carboxylic acids is 1. The molecule has 0 aromatic carbocycles. The summed E-state index contributed by atoms with van der Waals surface area (Å²) in [6.07, 6.45) is 5.39. The molecular formula is C13H16BrN3O2. The third-order valence-corrected chi connectivity index (χ3v) is 3.14. The lowest BCUT2D eigenvalue weighted by molar-refractivity contribution is 0.0458. The van der Waals surface area contributed by atoms with Crippen LogP contribution in [0.4, 0.5) is 0 Å². The van der Waals surface area contributed by atoms with Crippen molar-refractivity contribution in [1.29, 1.82) is 0 Å². The lowest BCUT2D eigenvalue weighted by atomic mass is 10.3. The van der Waals surface area contributed by atoms with Crippen LogP contribution < -0.4 is 0 Å². The molecule has 0 radical (unpaired) electrons. The summed E-state index contributed by atoms with van der Waals surface area (Å²) in [5.41, 5.74) is 1.42. The van der Waals surface area contributed by atoms with Gasteiger partial charge in [0.2, 0.25) is 0 Å². The molecule has 2 aromatic rings. The zero-order valence-corrected chi connectivity index (χ0v) is 12.7. The van der Waals surface area contributed by atoms with Crippen molar-refractivity contribution >= 4 is 21.9 Å². The van der Waals surface area contributed by atoms with E-state index in [1.54, 1.807) is 16.9 Å². The first-order chi connectivity index (χ1) is 8.97. The molecule has 0 aliphatic rings. The minimum Gasteiger partial charge on any atom is -0.456 e. The molecule has 5 nitrogen and oxygen atoms in total. The van der Waals surface area contributed by atoms with Gasteiger partial charge in [-0.1, -0.05) is 0 Å². The quantitative estimate of drug-likeness (QED) is 0.812. The Morgan fingerprint density at radius 1 is 1.47 bits per heavy atom. The molecular weight excluding hydrogens is 310 g/mol. The van der Waals surface area contributed by atoms with Crippen LogP contribution in [0.5, 0.6) is 0 Å². The van der Waals surface area contributed by atoms with E-state index in [1.165, 1.54) is 0 Å². The molecule has 2 rings (SSSR count). The zero-order valence-electron chi connectivity index (χ0n) is 11.1. The van der Waals surface area contributed by atoms with Gasteiger partial charge in [0.05, 0.1) is 6.20 Å². The Morgan fingerprint density at radius 3 is 2.79 bits per heavy atom. The van der Waals surface area contributed by atoms with Crippen molar-refractivity contribution in [1.82, 2.24) is 14.3 Å². The van der Waals surface area contributed by atoms with E-state index in [2.05, 4.69) is 21.0 Å². The summed E-state index contributed by atoms with van der Waals surface area (Å²) in [5.74, 6) is -0.330. The van der Waals surface area contributed by atoms with Gasteiger partial charge < -0.3 is 9.30 Å². The molecule has 102 valence electrons. The normalized spacial score (nSPS) is 11.0. The van der Waals surface area contributed by atoms with Crippen LogP contribution in [-0.4, -0.2) is 20.3 Å². The summed E-state index contributed by atoms with van der Waals surface area (Å²) in [6, 6.07) is 1.97. The first kappa shape index (κ1) is 13.9. The van der Waals surface area contributed by atoms with Crippen LogP contribution >= 0.6 is 15.9 Å². The molecule has 2 aromatic heterocycles. The largest absolute Gasteiger partial charge is 0.456 e. The van der Waals surface area contributed by atoms with Gasteiger partial charge in [-0.05, 0) is 35.8 Å². The standard InChI is InChI=1S/C13H16BrN3O2/c1-9(2)17-7-11(14)4-12(17)13(18)19-8-10-5-15-16(3)6-10/h4-7,9H,8H2,1-3H3. The average molecular weight is 326 g/mol. The predicted molar refractivity (Wildman–Crippen MR) is 74.8 cm³/mol. The lowest BCUT2D eigenvalue weighted by Crippen LogP contribution is -2.13. The van der Waals surface area contributed by atoms with Crippen molar-refractivity contribution in [3.05, 3.63) is 40.4 Å². The second-order valence-electron chi connectivity index (χ2n) is 4.64. The SMILES string of the molecule is CC(C)n1cc(Br)cc1C(=O)OCc1cnn(C)c1. The van der Waals surface area contributed by atoms with Crippen molar-refractivity contribution in [3.63, 3.8) is 0 Å². The average Bonchev–Trinajstić information content (AvgIpc) is 2.92. The number of esters is 1. The fourth-order valence-electron chi connectivity index (χ4n) is 1.81. The minimum absolute atomic E-state index is 0.201. The van der Waals surface area contributed by atoms with E-state index in [4.69, 9.17) is 4.74 Å². The highest BCUT2D eigenvalue weighted by Crippen LogP contribution is 2.20. The van der Waals surface area contributed by atoms with Crippen molar-refractivity contribution in [2.24, 2.45) is 7.05 Å². The number of hydrogen-bond donors (Lipinski definition) is 0. The van der Waals surface area contributed by atoms with Crippen LogP contribution in [0.3, 0.4) is 0 Å². The van der Waals surface area contributed by atoms with E-state index in [0.717, 1.165) is 10.0 Å². The molecule has 0 fully saturated rings. The zero-order chi connectivity index (χ0) is 14.0. The topological polar surface area (TPSA) is 49.1 Å². The van der Waals surface area contributed by atoms with Gasteiger partial charge in [-0.2, -0.15) is 5.10 Å². The molecule has 0 aliphatic heterocycles. The Morgan fingerprint density at radius 2 is 2.21 bits per heavy atom. The number of nitrogens with zero attached hydrogens (tertiary/aromatic N) is 3. The van der Waals surface area contributed by atoms with Crippen LogP contribution in [0.15, 0.2) is 29.1 Å². The Labute approximate surface area is 120 Å². The predicted octanol–water partition coefficient (Wildman–Crippen LogP) is 2.92. The summed E-state index contributed by atoms with van der Waals surface area (Å²) in [6.45, 7) is 4.27. The van der Waals surface area contributed by atoms with Gasteiger partial charge in [0, 0.05) is 35.5 Å².